The highest BCUT2D eigenvalue weighted by molar-refractivity contribution is 5.88. The van der Waals surface area contributed by atoms with Crippen molar-refractivity contribution in [3.05, 3.63) is 29.7 Å². The monoisotopic (exact) mass is 191 g/mol. The van der Waals surface area contributed by atoms with Crippen molar-refractivity contribution in [1.82, 2.24) is 9.38 Å². The van der Waals surface area contributed by atoms with Crippen LogP contribution in [-0.4, -0.2) is 20.5 Å². The average molecular weight is 191 g/mol. The van der Waals surface area contributed by atoms with Gasteiger partial charge in [0, 0.05) is 6.20 Å². The summed E-state index contributed by atoms with van der Waals surface area (Å²) >= 11 is 0. The first-order valence-corrected chi connectivity index (χ1v) is 4.07. The van der Waals surface area contributed by atoms with E-state index in [4.69, 9.17) is 10.8 Å². The quantitative estimate of drug-likeness (QED) is 0.702. The third kappa shape index (κ3) is 1.02. The summed E-state index contributed by atoms with van der Waals surface area (Å²) in [4.78, 5) is 14.7. The zero-order valence-electron chi connectivity index (χ0n) is 7.56. The van der Waals surface area contributed by atoms with Crippen LogP contribution in [0.1, 0.15) is 16.2 Å². The van der Waals surface area contributed by atoms with E-state index >= 15 is 0 Å². The van der Waals surface area contributed by atoms with E-state index in [1.54, 1.807) is 29.7 Å². The molecule has 0 atom stereocenters. The second kappa shape index (κ2) is 2.73. The van der Waals surface area contributed by atoms with Crippen molar-refractivity contribution in [2.75, 3.05) is 5.73 Å². The Morgan fingerprint density at radius 2 is 2.36 bits per heavy atom. The van der Waals surface area contributed by atoms with Gasteiger partial charge in [0.05, 0.1) is 11.4 Å². The molecule has 0 aliphatic heterocycles. The molecule has 0 saturated heterocycles. The van der Waals surface area contributed by atoms with E-state index in [1.807, 2.05) is 0 Å². The molecule has 0 radical (unpaired) electrons. The van der Waals surface area contributed by atoms with Gasteiger partial charge in [-0.2, -0.15) is 0 Å². The van der Waals surface area contributed by atoms with E-state index in [-0.39, 0.29) is 5.69 Å². The number of pyridine rings is 1. The van der Waals surface area contributed by atoms with Gasteiger partial charge in [-0.15, -0.1) is 0 Å². The van der Waals surface area contributed by atoms with Gasteiger partial charge in [-0.05, 0) is 19.1 Å². The maximum atomic E-state index is 10.8. The average Bonchev–Trinajstić information content (AvgIpc) is 2.46. The number of anilines is 1. The summed E-state index contributed by atoms with van der Waals surface area (Å²) in [5.41, 5.74) is 7.25. The Hall–Kier alpha value is -2.04. The molecule has 0 aromatic carbocycles. The van der Waals surface area contributed by atoms with E-state index in [0.717, 1.165) is 0 Å². The van der Waals surface area contributed by atoms with Gasteiger partial charge in [-0.1, -0.05) is 0 Å². The van der Waals surface area contributed by atoms with Crippen LogP contribution in [0.15, 0.2) is 18.3 Å². The molecule has 0 unspecified atom stereocenters. The SMILES string of the molecule is Cc1c(C(=O)O)nc2c(N)cccn12. The number of nitrogens with zero attached hydrogens (tertiary/aromatic N) is 2. The number of rotatable bonds is 1. The molecule has 2 rings (SSSR count). The van der Waals surface area contributed by atoms with E-state index in [9.17, 15) is 4.79 Å². The number of imidazole rings is 1. The van der Waals surface area contributed by atoms with Crippen LogP contribution in [0.3, 0.4) is 0 Å². The predicted octanol–water partition coefficient (Wildman–Crippen LogP) is 0.923. The number of carbonyl (C=O) groups is 1. The molecule has 0 spiro atoms. The molecule has 0 saturated carbocycles. The molecular weight excluding hydrogens is 182 g/mol. The van der Waals surface area contributed by atoms with E-state index in [1.165, 1.54) is 0 Å². The number of nitrogens with two attached hydrogens (primary N) is 1. The maximum Gasteiger partial charge on any atom is 0.356 e. The number of aryl methyl sites for hydroxylation is 1. The summed E-state index contributed by atoms with van der Waals surface area (Å²) in [5, 5.41) is 8.84. The molecule has 0 bridgehead atoms. The summed E-state index contributed by atoms with van der Waals surface area (Å²) in [6.07, 6.45) is 1.74. The number of hydrogen-bond donors (Lipinski definition) is 2. The van der Waals surface area contributed by atoms with Crippen LogP contribution in [0.5, 0.6) is 0 Å². The molecule has 0 aliphatic rings. The van der Waals surface area contributed by atoms with Crippen molar-refractivity contribution in [3.8, 4) is 0 Å². The van der Waals surface area contributed by atoms with Gasteiger partial charge in [0.25, 0.3) is 0 Å². The van der Waals surface area contributed by atoms with Gasteiger partial charge in [-0.3, -0.25) is 0 Å². The summed E-state index contributed by atoms with van der Waals surface area (Å²) in [6, 6.07) is 3.44. The number of fused-ring (bicyclic) bond motifs is 1. The topological polar surface area (TPSA) is 80.6 Å². The summed E-state index contributed by atoms with van der Waals surface area (Å²) in [5.74, 6) is -1.04. The highest BCUT2D eigenvalue weighted by Crippen LogP contribution is 2.16. The summed E-state index contributed by atoms with van der Waals surface area (Å²) in [7, 11) is 0. The third-order valence-corrected chi connectivity index (χ3v) is 2.12. The normalized spacial score (nSPS) is 10.6. The van der Waals surface area contributed by atoms with Gasteiger partial charge in [0.2, 0.25) is 0 Å². The van der Waals surface area contributed by atoms with Crippen LogP contribution in [0, 0.1) is 6.92 Å². The van der Waals surface area contributed by atoms with Crippen LogP contribution < -0.4 is 5.73 Å². The lowest BCUT2D eigenvalue weighted by Crippen LogP contribution is -1.99. The second-order valence-corrected chi connectivity index (χ2v) is 3.01. The molecule has 14 heavy (non-hydrogen) atoms. The number of aromatic nitrogens is 2. The number of carboxylic acids is 1. The van der Waals surface area contributed by atoms with Crippen molar-refractivity contribution in [2.45, 2.75) is 6.92 Å². The first kappa shape index (κ1) is 8.55. The number of carboxylic acid groups (broad SMARTS) is 1. The smallest absolute Gasteiger partial charge is 0.356 e. The minimum atomic E-state index is -1.04. The minimum absolute atomic E-state index is 0.0444. The Balaban J connectivity index is 2.86. The zero-order chi connectivity index (χ0) is 10.3. The molecule has 2 aromatic rings. The molecular formula is C9H9N3O2. The molecule has 72 valence electrons. The first-order valence-electron chi connectivity index (χ1n) is 4.07. The molecule has 0 fully saturated rings. The maximum absolute atomic E-state index is 10.8. The van der Waals surface area contributed by atoms with Crippen LogP contribution in [0.2, 0.25) is 0 Å². The molecule has 2 heterocycles. The van der Waals surface area contributed by atoms with Crippen LogP contribution in [0.4, 0.5) is 5.69 Å². The van der Waals surface area contributed by atoms with Crippen molar-refractivity contribution >= 4 is 17.3 Å². The van der Waals surface area contributed by atoms with Crippen LogP contribution in [-0.2, 0) is 0 Å². The van der Waals surface area contributed by atoms with Gasteiger partial charge in [-0.25, -0.2) is 9.78 Å². The van der Waals surface area contributed by atoms with Gasteiger partial charge in [0.1, 0.15) is 0 Å². The number of nitrogen functional groups attached to an aromatic ring is 1. The third-order valence-electron chi connectivity index (χ3n) is 2.12. The fourth-order valence-electron chi connectivity index (χ4n) is 1.41. The van der Waals surface area contributed by atoms with E-state index in [0.29, 0.717) is 17.0 Å². The Kier molecular flexibility index (Phi) is 1.67. The van der Waals surface area contributed by atoms with Crippen LogP contribution >= 0.6 is 0 Å². The zero-order valence-corrected chi connectivity index (χ0v) is 7.56. The highest BCUT2D eigenvalue weighted by atomic mass is 16.4. The van der Waals surface area contributed by atoms with Crippen molar-refractivity contribution < 1.29 is 9.90 Å². The van der Waals surface area contributed by atoms with Gasteiger partial charge in [0.15, 0.2) is 11.3 Å². The van der Waals surface area contributed by atoms with Gasteiger partial charge < -0.3 is 15.2 Å². The second-order valence-electron chi connectivity index (χ2n) is 3.01. The number of aromatic carboxylic acids is 1. The summed E-state index contributed by atoms with van der Waals surface area (Å²) < 4.78 is 1.67. The Bertz CT molecular complexity index is 516. The summed E-state index contributed by atoms with van der Waals surface area (Å²) in [6.45, 7) is 1.70. The lowest BCUT2D eigenvalue weighted by atomic mass is 10.3. The molecule has 5 heteroatoms. The standard InChI is InChI=1S/C9H9N3O2/c1-5-7(9(13)14)11-8-6(10)3-2-4-12(5)8/h2-4H,10H2,1H3,(H,13,14). The van der Waals surface area contributed by atoms with E-state index < -0.39 is 5.97 Å². The number of hydrogen-bond acceptors (Lipinski definition) is 3. The highest BCUT2D eigenvalue weighted by Gasteiger charge is 2.15. The van der Waals surface area contributed by atoms with Crippen molar-refractivity contribution in [1.29, 1.82) is 0 Å². The largest absolute Gasteiger partial charge is 0.476 e. The Labute approximate surface area is 79.8 Å². The van der Waals surface area contributed by atoms with Gasteiger partial charge >= 0.3 is 5.97 Å². The lowest BCUT2D eigenvalue weighted by molar-refractivity contribution is 0.0690. The molecule has 0 amide bonds. The molecule has 5 nitrogen and oxygen atoms in total. The Morgan fingerprint density at radius 3 is 2.93 bits per heavy atom. The van der Waals surface area contributed by atoms with Crippen LogP contribution in [0.25, 0.3) is 5.65 Å². The molecule has 2 aromatic heterocycles. The Morgan fingerprint density at radius 1 is 1.64 bits per heavy atom. The van der Waals surface area contributed by atoms with Crippen molar-refractivity contribution in [3.63, 3.8) is 0 Å². The van der Waals surface area contributed by atoms with E-state index in [2.05, 4.69) is 4.98 Å². The molecule has 3 N–H and O–H groups in total. The lowest BCUT2D eigenvalue weighted by Gasteiger charge is -1.97. The fourth-order valence-corrected chi connectivity index (χ4v) is 1.41. The predicted molar refractivity (Wildman–Crippen MR) is 51.3 cm³/mol. The molecule has 0 aliphatic carbocycles. The van der Waals surface area contributed by atoms with Crippen molar-refractivity contribution in [2.24, 2.45) is 0 Å². The first-order chi connectivity index (χ1) is 6.61. The minimum Gasteiger partial charge on any atom is -0.476 e. The fraction of sp³-hybridized carbons (Fsp3) is 0.111.